The smallest absolute Gasteiger partial charge is 0.333 e. The zero-order valence-corrected chi connectivity index (χ0v) is 8.69. The number of benzene rings is 1. The van der Waals surface area contributed by atoms with Crippen LogP contribution in [0.3, 0.4) is 0 Å². The van der Waals surface area contributed by atoms with Gasteiger partial charge in [0.1, 0.15) is 0 Å². The van der Waals surface area contributed by atoms with E-state index in [4.69, 9.17) is 0 Å². The van der Waals surface area contributed by atoms with Crippen molar-refractivity contribution in [1.82, 2.24) is 0 Å². The van der Waals surface area contributed by atoms with Crippen LogP contribution in [-0.4, -0.2) is 18.9 Å². The quantitative estimate of drug-likeness (QED) is 0.429. The number of methoxy groups -OCH3 is 1. The number of carbonyl (C=O) groups is 2. The van der Waals surface area contributed by atoms with Crippen LogP contribution in [0.25, 0.3) is 0 Å². The number of esters is 1. The Kier molecular flexibility index (Phi) is 3.80. The Hall–Kier alpha value is -1.90. The summed E-state index contributed by atoms with van der Waals surface area (Å²) in [5.41, 5.74) is 0.854. The summed E-state index contributed by atoms with van der Waals surface area (Å²) in [6.07, 6.45) is 1.28. The molecular formula is C12H12O3. The molecule has 0 aliphatic rings. The second-order valence-corrected chi connectivity index (χ2v) is 3.05. The molecule has 1 rings (SSSR count). The van der Waals surface area contributed by atoms with Gasteiger partial charge in [-0.15, -0.1) is 0 Å². The van der Waals surface area contributed by atoms with E-state index in [1.165, 1.54) is 13.2 Å². The lowest BCUT2D eigenvalue weighted by molar-refractivity contribution is -0.136. The molecular weight excluding hydrogens is 192 g/mol. The van der Waals surface area contributed by atoms with Gasteiger partial charge in [0.15, 0.2) is 5.78 Å². The molecule has 0 aliphatic heterocycles. The fraction of sp³-hybridized carbons (Fsp3) is 0.167. The summed E-state index contributed by atoms with van der Waals surface area (Å²) in [6.45, 7) is 1.55. The molecule has 0 saturated heterocycles. The molecule has 0 aliphatic carbocycles. The predicted molar refractivity (Wildman–Crippen MR) is 56.5 cm³/mol. The summed E-state index contributed by atoms with van der Waals surface area (Å²) in [5, 5.41) is 0. The minimum absolute atomic E-state index is 0.196. The molecule has 0 unspecified atom stereocenters. The van der Waals surface area contributed by atoms with Crippen LogP contribution in [0.4, 0.5) is 0 Å². The molecule has 0 bridgehead atoms. The Morgan fingerprint density at radius 2 is 1.80 bits per heavy atom. The fourth-order valence-corrected chi connectivity index (χ4v) is 1.10. The van der Waals surface area contributed by atoms with Gasteiger partial charge in [0.05, 0.1) is 7.11 Å². The van der Waals surface area contributed by atoms with Crippen LogP contribution in [0.1, 0.15) is 17.3 Å². The van der Waals surface area contributed by atoms with Crippen molar-refractivity contribution >= 4 is 11.8 Å². The van der Waals surface area contributed by atoms with Gasteiger partial charge in [0.25, 0.3) is 0 Å². The number of allylic oxidation sites excluding steroid dienone is 1. The maximum atomic E-state index is 11.6. The van der Waals surface area contributed by atoms with Gasteiger partial charge >= 0.3 is 5.97 Å². The van der Waals surface area contributed by atoms with Crippen LogP contribution in [0.15, 0.2) is 42.0 Å². The highest BCUT2D eigenvalue weighted by molar-refractivity contribution is 6.08. The molecule has 15 heavy (non-hydrogen) atoms. The zero-order chi connectivity index (χ0) is 11.3. The first-order chi connectivity index (χ1) is 7.15. The minimum atomic E-state index is -0.487. The predicted octanol–water partition coefficient (Wildman–Crippen LogP) is 1.99. The second-order valence-electron chi connectivity index (χ2n) is 3.05. The van der Waals surface area contributed by atoms with E-state index in [9.17, 15) is 9.59 Å². The lowest BCUT2D eigenvalue weighted by atomic mass is 10.1. The first-order valence-corrected chi connectivity index (χ1v) is 4.51. The highest BCUT2D eigenvalue weighted by Gasteiger charge is 2.07. The molecule has 0 amide bonds. The van der Waals surface area contributed by atoms with Gasteiger partial charge in [-0.1, -0.05) is 30.3 Å². The van der Waals surface area contributed by atoms with E-state index in [1.807, 2.05) is 6.07 Å². The highest BCUT2D eigenvalue weighted by atomic mass is 16.5. The maximum Gasteiger partial charge on any atom is 0.333 e. The van der Waals surface area contributed by atoms with Crippen LogP contribution < -0.4 is 0 Å². The summed E-state index contributed by atoms with van der Waals surface area (Å²) in [5.74, 6) is -0.683. The second kappa shape index (κ2) is 5.10. The van der Waals surface area contributed by atoms with Crippen LogP contribution in [0.5, 0.6) is 0 Å². The molecule has 1 aromatic rings. The lowest BCUT2D eigenvalue weighted by Crippen LogP contribution is -2.04. The van der Waals surface area contributed by atoms with E-state index >= 15 is 0 Å². The van der Waals surface area contributed by atoms with Gasteiger partial charge in [-0.3, -0.25) is 4.79 Å². The van der Waals surface area contributed by atoms with Crippen LogP contribution in [0.2, 0.25) is 0 Å². The zero-order valence-electron chi connectivity index (χ0n) is 8.69. The summed E-state index contributed by atoms with van der Waals surface area (Å²) in [4.78, 5) is 22.6. The van der Waals surface area contributed by atoms with Crippen molar-refractivity contribution in [3.63, 3.8) is 0 Å². The summed E-state index contributed by atoms with van der Waals surface area (Å²) in [6, 6.07) is 8.77. The Labute approximate surface area is 88.4 Å². The van der Waals surface area contributed by atoms with Crippen molar-refractivity contribution in [2.75, 3.05) is 7.11 Å². The van der Waals surface area contributed by atoms with Gasteiger partial charge in [-0.2, -0.15) is 0 Å². The van der Waals surface area contributed by atoms with Gasteiger partial charge in [0, 0.05) is 11.1 Å². The number of carbonyl (C=O) groups excluding carboxylic acids is 2. The third-order valence-corrected chi connectivity index (χ3v) is 1.91. The molecule has 0 heterocycles. The topological polar surface area (TPSA) is 43.4 Å². The number of hydrogen-bond acceptors (Lipinski definition) is 3. The molecule has 3 heteroatoms. The van der Waals surface area contributed by atoms with Crippen LogP contribution in [-0.2, 0) is 9.53 Å². The van der Waals surface area contributed by atoms with E-state index in [-0.39, 0.29) is 5.78 Å². The average Bonchev–Trinajstić information content (AvgIpc) is 2.29. The molecule has 78 valence electrons. The van der Waals surface area contributed by atoms with Gasteiger partial charge in [0.2, 0.25) is 0 Å². The first kappa shape index (κ1) is 11.2. The average molecular weight is 204 g/mol. The third kappa shape index (κ3) is 3.06. The Morgan fingerprint density at radius 3 is 2.33 bits per heavy atom. The van der Waals surface area contributed by atoms with Crippen molar-refractivity contribution in [2.45, 2.75) is 6.92 Å². The molecule has 0 saturated carbocycles. The Bertz CT molecular complexity index is 391. The van der Waals surface area contributed by atoms with Crippen molar-refractivity contribution < 1.29 is 14.3 Å². The normalized spacial score (nSPS) is 10.9. The van der Waals surface area contributed by atoms with Gasteiger partial charge in [-0.25, -0.2) is 4.79 Å². The standard InChI is InChI=1S/C12H12O3/c1-9(12(14)15-2)8-11(13)10-6-4-3-5-7-10/h3-8H,1-2H3/b9-8+. The summed E-state index contributed by atoms with van der Waals surface area (Å²) in [7, 11) is 1.28. The van der Waals surface area contributed by atoms with Crippen molar-refractivity contribution in [3.8, 4) is 0 Å². The number of hydrogen-bond donors (Lipinski definition) is 0. The van der Waals surface area contributed by atoms with E-state index in [2.05, 4.69) is 4.74 Å². The molecule has 0 fully saturated rings. The summed E-state index contributed by atoms with van der Waals surface area (Å²) >= 11 is 0. The van der Waals surface area contributed by atoms with Crippen molar-refractivity contribution in [3.05, 3.63) is 47.5 Å². The van der Waals surface area contributed by atoms with Crippen molar-refractivity contribution in [1.29, 1.82) is 0 Å². The monoisotopic (exact) mass is 204 g/mol. The van der Waals surface area contributed by atoms with E-state index < -0.39 is 5.97 Å². The Morgan fingerprint density at radius 1 is 1.20 bits per heavy atom. The number of ether oxygens (including phenoxy) is 1. The first-order valence-electron chi connectivity index (χ1n) is 4.51. The van der Waals surface area contributed by atoms with E-state index in [0.717, 1.165) is 0 Å². The Balaban J connectivity index is 2.84. The fourth-order valence-electron chi connectivity index (χ4n) is 1.10. The van der Waals surface area contributed by atoms with E-state index in [1.54, 1.807) is 31.2 Å². The van der Waals surface area contributed by atoms with Gasteiger partial charge in [-0.05, 0) is 13.0 Å². The minimum Gasteiger partial charge on any atom is -0.466 e. The lowest BCUT2D eigenvalue weighted by Gasteiger charge is -1.98. The SMILES string of the molecule is COC(=O)/C(C)=C/C(=O)c1ccccc1. The molecule has 0 spiro atoms. The van der Waals surface area contributed by atoms with Crippen LogP contribution >= 0.6 is 0 Å². The van der Waals surface area contributed by atoms with Crippen molar-refractivity contribution in [2.24, 2.45) is 0 Å². The third-order valence-electron chi connectivity index (χ3n) is 1.91. The molecule has 3 nitrogen and oxygen atoms in total. The largest absolute Gasteiger partial charge is 0.466 e. The highest BCUT2D eigenvalue weighted by Crippen LogP contribution is 2.04. The van der Waals surface area contributed by atoms with E-state index in [0.29, 0.717) is 11.1 Å². The molecule has 0 aromatic heterocycles. The molecule has 0 N–H and O–H groups in total. The number of rotatable bonds is 3. The van der Waals surface area contributed by atoms with Crippen LogP contribution in [0, 0.1) is 0 Å². The molecule has 0 radical (unpaired) electrons. The number of ketones is 1. The maximum absolute atomic E-state index is 11.6. The molecule has 0 atom stereocenters. The molecule has 1 aromatic carbocycles. The van der Waals surface area contributed by atoms with Gasteiger partial charge < -0.3 is 4.74 Å². The summed E-state index contributed by atoms with van der Waals surface area (Å²) < 4.78 is 4.49.